The van der Waals surface area contributed by atoms with Crippen molar-refractivity contribution in [1.29, 1.82) is 0 Å². The average Bonchev–Trinajstić information content (AvgIpc) is 3.42. The van der Waals surface area contributed by atoms with Crippen LogP contribution in [0.25, 0.3) is 0 Å². The fraction of sp³-hybridized carbons (Fsp3) is 0.560. The molecule has 3 fully saturated rings. The third-order valence-electron chi connectivity index (χ3n) is 7.05. The number of nitrogens with zero attached hydrogens (tertiary/aromatic N) is 6. The Morgan fingerprint density at radius 2 is 1.53 bits per heavy atom. The van der Waals surface area contributed by atoms with Crippen LogP contribution in [0.3, 0.4) is 0 Å². The molecule has 3 aliphatic rings. The second-order valence-corrected chi connectivity index (χ2v) is 10.1. The Balaban J connectivity index is 1.10. The third kappa shape index (κ3) is 5.47. The molecule has 0 aliphatic carbocycles. The first-order valence-corrected chi connectivity index (χ1v) is 13.5. The highest BCUT2D eigenvalue weighted by atomic mass is 32.2. The molecule has 4 heterocycles. The number of aromatic nitrogens is 2. The van der Waals surface area contributed by atoms with Crippen LogP contribution in [-0.2, 0) is 4.74 Å². The van der Waals surface area contributed by atoms with Gasteiger partial charge in [0.15, 0.2) is 11.6 Å². The number of ether oxygens (including phenoxy) is 1. The summed E-state index contributed by atoms with van der Waals surface area (Å²) in [5.74, 6) is 1.94. The first-order valence-electron chi connectivity index (χ1n) is 12.3. The molecule has 3 saturated heterocycles. The fourth-order valence-corrected chi connectivity index (χ4v) is 5.35. The lowest BCUT2D eigenvalue weighted by Crippen LogP contribution is -2.49. The van der Waals surface area contributed by atoms with Gasteiger partial charge in [-0.25, -0.2) is 0 Å². The van der Waals surface area contributed by atoms with Crippen molar-refractivity contribution in [1.82, 2.24) is 20.0 Å². The highest BCUT2D eigenvalue weighted by Gasteiger charge is 2.25. The van der Waals surface area contributed by atoms with Crippen LogP contribution in [0.5, 0.6) is 0 Å². The van der Waals surface area contributed by atoms with Crippen molar-refractivity contribution >= 4 is 29.3 Å². The zero-order valence-electron chi connectivity index (χ0n) is 19.9. The van der Waals surface area contributed by atoms with Crippen LogP contribution in [0.4, 0.5) is 11.6 Å². The van der Waals surface area contributed by atoms with E-state index in [1.54, 1.807) is 11.8 Å². The third-order valence-corrected chi connectivity index (χ3v) is 7.79. The standard InChI is InChI=1S/C25H34N6O2S/c1-34-22-6-4-20(5-7-22)25(32)31-16-14-30(15-17-31)24-9-8-23(26-27-24)29-12-10-28(11-13-29)19-21-3-2-18-33-21/h4-9,21H,2-3,10-19H2,1H3. The monoisotopic (exact) mass is 482 g/mol. The van der Waals surface area contributed by atoms with E-state index in [1.165, 1.54) is 17.7 Å². The molecule has 1 amide bonds. The SMILES string of the molecule is CSc1ccc(C(=O)N2CCN(c3ccc(N4CCN(CC5CCCO5)CC4)nn3)CC2)cc1. The van der Waals surface area contributed by atoms with Gasteiger partial charge < -0.3 is 19.4 Å². The summed E-state index contributed by atoms with van der Waals surface area (Å²) in [6.07, 6.45) is 4.85. The average molecular weight is 483 g/mol. The van der Waals surface area contributed by atoms with Crippen LogP contribution in [0, 0.1) is 0 Å². The largest absolute Gasteiger partial charge is 0.377 e. The summed E-state index contributed by atoms with van der Waals surface area (Å²) in [7, 11) is 0. The van der Waals surface area contributed by atoms with E-state index in [9.17, 15) is 4.79 Å². The number of piperazine rings is 2. The Kier molecular flexibility index (Phi) is 7.51. The van der Waals surface area contributed by atoms with E-state index >= 15 is 0 Å². The molecule has 1 unspecified atom stereocenters. The van der Waals surface area contributed by atoms with Crippen LogP contribution in [-0.4, -0.2) is 104 Å². The van der Waals surface area contributed by atoms with Crippen LogP contribution in [0.15, 0.2) is 41.3 Å². The maximum absolute atomic E-state index is 12.8. The minimum Gasteiger partial charge on any atom is -0.377 e. The van der Waals surface area contributed by atoms with Gasteiger partial charge in [0.2, 0.25) is 0 Å². The van der Waals surface area contributed by atoms with E-state index in [2.05, 4.69) is 37.0 Å². The zero-order valence-corrected chi connectivity index (χ0v) is 20.8. The highest BCUT2D eigenvalue weighted by molar-refractivity contribution is 7.98. The fourth-order valence-electron chi connectivity index (χ4n) is 4.95. The number of benzene rings is 1. The molecule has 1 aromatic carbocycles. The van der Waals surface area contributed by atoms with Gasteiger partial charge in [0.1, 0.15) is 0 Å². The van der Waals surface area contributed by atoms with Crippen LogP contribution in [0.2, 0.25) is 0 Å². The first kappa shape index (κ1) is 23.4. The number of hydrogen-bond donors (Lipinski definition) is 0. The Morgan fingerprint density at radius 3 is 2.06 bits per heavy atom. The maximum Gasteiger partial charge on any atom is 0.253 e. The number of anilines is 2. The van der Waals surface area contributed by atoms with E-state index in [0.717, 1.165) is 69.6 Å². The van der Waals surface area contributed by atoms with Crippen molar-refractivity contribution in [3.8, 4) is 0 Å². The van der Waals surface area contributed by atoms with Crippen LogP contribution in [0.1, 0.15) is 23.2 Å². The summed E-state index contributed by atoms with van der Waals surface area (Å²) in [4.78, 5) is 23.0. The quantitative estimate of drug-likeness (QED) is 0.582. The summed E-state index contributed by atoms with van der Waals surface area (Å²) in [6.45, 7) is 8.92. The number of thioether (sulfide) groups is 1. The first-order chi connectivity index (χ1) is 16.7. The molecule has 0 bridgehead atoms. The van der Waals surface area contributed by atoms with Gasteiger partial charge in [0.25, 0.3) is 5.91 Å². The number of rotatable bonds is 6. The molecule has 9 heteroatoms. The molecule has 0 spiro atoms. The zero-order chi connectivity index (χ0) is 23.3. The molecule has 0 N–H and O–H groups in total. The smallest absolute Gasteiger partial charge is 0.253 e. The number of hydrogen-bond acceptors (Lipinski definition) is 8. The van der Waals surface area contributed by atoms with Crippen molar-refractivity contribution < 1.29 is 9.53 Å². The Morgan fingerprint density at radius 1 is 0.912 bits per heavy atom. The molecule has 34 heavy (non-hydrogen) atoms. The highest BCUT2D eigenvalue weighted by Crippen LogP contribution is 2.21. The van der Waals surface area contributed by atoms with Gasteiger partial charge >= 0.3 is 0 Å². The van der Waals surface area contributed by atoms with Crippen molar-refractivity contribution in [2.24, 2.45) is 0 Å². The Labute approximate surface area is 206 Å². The van der Waals surface area contributed by atoms with Gasteiger partial charge in [0, 0.05) is 76.0 Å². The predicted octanol–water partition coefficient (Wildman–Crippen LogP) is 2.46. The van der Waals surface area contributed by atoms with Crippen molar-refractivity contribution in [3.63, 3.8) is 0 Å². The van der Waals surface area contributed by atoms with Gasteiger partial charge in [-0.3, -0.25) is 9.69 Å². The summed E-state index contributed by atoms with van der Waals surface area (Å²) < 4.78 is 5.78. The Bertz CT molecular complexity index is 935. The second-order valence-electron chi connectivity index (χ2n) is 9.18. The molecule has 2 aromatic rings. The van der Waals surface area contributed by atoms with E-state index < -0.39 is 0 Å². The van der Waals surface area contributed by atoms with Gasteiger partial charge in [-0.05, 0) is 55.5 Å². The van der Waals surface area contributed by atoms with Crippen molar-refractivity contribution in [2.75, 3.05) is 81.6 Å². The maximum atomic E-state index is 12.8. The second kappa shape index (κ2) is 10.9. The van der Waals surface area contributed by atoms with Crippen LogP contribution >= 0.6 is 11.8 Å². The summed E-state index contributed by atoms with van der Waals surface area (Å²) in [5, 5.41) is 9.05. The van der Waals surface area contributed by atoms with E-state index in [4.69, 9.17) is 4.74 Å². The normalized spacial score (nSPS) is 21.8. The summed E-state index contributed by atoms with van der Waals surface area (Å²) >= 11 is 1.68. The number of carbonyl (C=O) groups is 1. The molecule has 1 atom stereocenters. The lowest BCUT2D eigenvalue weighted by molar-refractivity contribution is 0.0712. The topological polar surface area (TPSA) is 65.0 Å². The predicted molar refractivity (Wildman–Crippen MR) is 136 cm³/mol. The minimum absolute atomic E-state index is 0.104. The number of carbonyl (C=O) groups excluding carboxylic acids is 1. The molecule has 182 valence electrons. The molecule has 8 nitrogen and oxygen atoms in total. The number of amides is 1. The molecule has 1 aromatic heterocycles. The van der Waals surface area contributed by atoms with Gasteiger partial charge in [-0.2, -0.15) is 0 Å². The molecular weight excluding hydrogens is 448 g/mol. The van der Waals surface area contributed by atoms with Gasteiger partial charge in [-0.15, -0.1) is 22.0 Å². The van der Waals surface area contributed by atoms with E-state index in [1.807, 2.05) is 35.4 Å². The Hall–Kier alpha value is -2.36. The summed E-state index contributed by atoms with van der Waals surface area (Å²) in [6, 6.07) is 12.0. The van der Waals surface area contributed by atoms with Crippen LogP contribution < -0.4 is 9.80 Å². The lowest BCUT2D eigenvalue weighted by Gasteiger charge is -2.37. The molecule has 5 rings (SSSR count). The molecule has 0 radical (unpaired) electrons. The van der Waals surface area contributed by atoms with Crippen molar-refractivity contribution in [2.45, 2.75) is 23.8 Å². The van der Waals surface area contributed by atoms with Crippen molar-refractivity contribution in [3.05, 3.63) is 42.0 Å². The molecular formula is C25H34N6O2S. The molecule has 0 saturated carbocycles. The van der Waals surface area contributed by atoms with Gasteiger partial charge in [-0.1, -0.05) is 0 Å². The van der Waals surface area contributed by atoms with E-state index in [-0.39, 0.29) is 5.91 Å². The lowest BCUT2D eigenvalue weighted by atomic mass is 10.2. The minimum atomic E-state index is 0.104. The molecule has 3 aliphatic heterocycles. The van der Waals surface area contributed by atoms with E-state index in [0.29, 0.717) is 19.2 Å². The van der Waals surface area contributed by atoms with Gasteiger partial charge in [0.05, 0.1) is 6.10 Å². The summed E-state index contributed by atoms with van der Waals surface area (Å²) in [5.41, 5.74) is 0.756.